The first kappa shape index (κ1) is 10.6. The van der Waals surface area contributed by atoms with E-state index in [9.17, 15) is 0 Å². The van der Waals surface area contributed by atoms with Gasteiger partial charge in [-0.15, -0.1) is 11.3 Å². The van der Waals surface area contributed by atoms with E-state index in [1.165, 1.54) is 16.0 Å². The van der Waals surface area contributed by atoms with Crippen LogP contribution in [0.1, 0.15) is 36.8 Å². The van der Waals surface area contributed by atoms with Gasteiger partial charge in [0.2, 0.25) is 0 Å². The number of ether oxygens (including phenoxy) is 1. The largest absolute Gasteiger partial charge is 0.487 e. The Morgan fingerprint density at radius 3 is 2.00 bits per heavy atom. The molecular formula is C11H18OS. The van der Waals surface area contributed by atoms with Crippen LogP contribution in [0.5, 0.6) is 5.06 Å². The summed E-state index contributed by atoms with van der Waals surface area (Å²) in [4.78, 5) is 1.36. The summed E-state index contributed by atoms with van der Waals surface area (Å²) >= 11 is 1.75. The van der Waals surface area contributed by atoms with Crippen molar-refractivity contribution in [1.29, 1.82) is 0 Å². The third kappa shape index (κ3) is 1.88. The van der Waals surface area contributed by atoms with Gasteiger partial charge in [0.1, 0.15) is 0 Å². The molecule has 0 atom stereocenters. The Balaban J connectivity index is 3.33. The van der Waals surface area contributed by atoms with Crippen LogP contribution in [0.15, 0.2) is 0 Å². The van der Waals surface area contributed by atoms with Gasteiger partial charge in [-0.2, -0.15) is 0 Å². The molecule has 2 heteroatoms. The SMILES string of the molecule is COc1sc(C)c(C)c1C(C)(C)C. The fraction of sp³-hybridized carbons (Fsp3) is 0.636. The average molecular weight is 198 g/mol. The molecule has 1 aromatic rings. The fourth-order valence-electron chi connectivity index (χ4n) is 1.61. The first-order valence-electron chi connectivity index (χ1n) is 4.52. The van der Waals surface area contributed by atoms with Crippen LogP contribution >= 0.6 is 11.3 Å². The molecule has 1 nitrogen and oxygen atoms in total. The van der Waals surface area contributed by atoms with E-state index >= 15 is 0 Å². The molecule has 0 aliphatic rings. The van der Waals surface area contributed by atoms with Crippen LogP contribution in [-0.4, -0.2) is 7.11 Å². The minimum absolute atomic E-state index is 0.181. The maximum absolute atomic E-state index is 5.39. The summed E-state index contributed by atoms with van der Waals surface area (Å²) in [7, 11) is 1.75. The van der Waals surface area contributed by atoms with Gasteiger partial charge in [0.15, 0.2) is 5.06 Å². The number of hydrogen-bond acceptors (Lipinski definition) is 2. The summed E-state index contributed by atoms with van der Waals surface area (Å²) in [6.07, 6.45) is 0. The Hall–Kier alpha value is -0.500. The highest BCUT2D eigenvalue weighted by atomic mass is 32.1. The lowest BCUT2D eigenvalue weighted by Gasteiger charge is -2.20. The molecule has 0 saturated carbocycles. The van der Waals surface area contributed by atoms with Crippen molar-refractivity contribution in [2.75, 3.05) is 7.11 Å². The van der Waals surface area contributed by atoms with Gasteiger partial charge >= 0.3 is 0 Å². The standard InChI is InChI=1S/C11H18OS/c1-7-8(2)13-10(12-6)9(7)11(3,4)5/h1-6H3. The molecule has 0 amide bonds. The number of aryl methyl sites for hydroxylation is 1. The third-order valence-corrected chi connectivity index (χ3v) is 3.46. The predicted molar refractivity (Wildman–Crippen MR) is 59.0 cm³/mol. The van der Waals surface area contributed by atoms with Gasteiger partial charge in [-0.25, -0.2) is 0 Å². The molecule has 0 aliphatic carbocycles. The summed E-state index contributed by atoms with van der Waals surface area (Å²) in [6, 6.07) is 0. The first-order chi connectivity index (χ1) is 5.88. The van der Waals surface area contributed by atoms with E-state index in [1.807, 2.05) is 0 Å². The molecule has 0 radical (unpaired) electrons. The van der Waals surface area contributed by atoms with Crippen molar-refractivity contribution in [3.8, 4) is 5.06 Å². The van der Waals surface area contributed by atoms with Crippen LogP contribution in [0.4, 0.5) is 0 Å². The molecule has 0 N–H and O–H groups in total. The molecule has 1 heterocycles. The lowest BCUT2D eigenvalue weighted by atomic mass is 9.86. The number of hydrogen-bond donors (Lipinski definition) is 0. The quantitative estimate of drug-likeness (QED) is 0.669. The Labute approximate surface area is 84.7 Å². The summed E-state index contributed by atoms with van der Waals surface area (Å²) in [5, 5.41) is 1.07. The van der Waals surface area contributed by atoms with Gasteiger partial charge in [0.05, 0.1) is 7.11 Å². The van der Waals surface area contributed by atoms with Gasteiger partial charge in [0, 0.05) is 10.4 Å². The second kappa shape index (κ2) is 3.33. The number of methoxy groups -OCH3 is 1. The van der Waals surface area contributed by atoms with Crippen LogP contribution in [0.2, 0.25) is 0 Å². The average Bonchev–Trinajstić information content (AvgIpc) is 2.26. The van der Waals surface area contributed by atoms with Crippen LogP contribution in [0, 0.1) is 13.8 Å². The molecule has 0 aliphatic heterocycles. The highest BCUT2D eigenvalue weighted by Gasteiger charge is 2.24. The van der Waals surface area contributed by atoms with E-state index in [1.54, 1.807) is 18.4 Å². The van der Waals surface area contributed by atoms with Gasteiger partial charge in [-0.3, -0.25) is 0 Å². The molecule has 1 rings (SSSR count). The third-order valence-electron chi connectivity index (χ3n) is 2.29. The summed E-state index contributed by atoms with van der Waals surface area (Å²) in [5.74, 6) is 0. The lowest BCUT2D eigenvalue weighted by Crippen LogP contribution is -2.12. The minimum Gasteiger partial charge on any atom is -0.487 e. The van der Waals surface area contributed by atoms with Crippen LogP contribution in [0.25, 0.3) is 0 Å². The van der Waals surface area contributed by atoms with Crippen molar-refractivity contribution in [3.05, 3.63) is 16.0 Å². The van der Waals surface area contributed by atoms with Crippen molar-refractivity contribution >= 4 is 11.3 Å². The predicted octanol–water partition coefficient (Wildman–Crippen LogP) is 3.67. The molecule has 13 heavy (non-hydrogen) atoms. The van der Waals surface area contributed by atoms with Crippen LogP contribution < -0.4 is 4.74 Å². The van der Waals surface area contributed by atoms with Gasteiger partial charge < -0.3 is 4.74 Å². The number of thiophene rings is 1. The molecule has 0 spiro atoms. The van der Waals surface area contributed by atoms with E-state index in [4.69, 9.17) is 4.74 Å². The zero-order valence-electron chi connectivity index (χ0n) is 9.32. The molecule has 0 aromatic carbocycles. The van der Waals surface area contributed by atoms with E-state index in [2.05, 4.69) is 34.6 Å². The van der Waals surface area contributed by atoms with Crippen molar-refractivity contribution in [3.63, 3.8) is 0 Å². The molecule has 0 unspecified atom stereocenters. The smallest absolute Gasteiger partial charge is 0.177 e. The maximum atomic E-state index is 5.39. The minimum atomic E-state index is 0.181. The molecule has 1 aromatic heterocycles. The summed E-state index contributed by atoms with van der Waals surface area (Å²) < 4.78 is 5.39. The summed E-state index contributed by atoms with van der Waals surface area (Å²) in [6.45, 7) is 11.0. The number of rotatable bonds is 1. The zero-order chi connectivity index (χ0) is 10.2. The monoisotopic (exact) mass is 198 g/mol. The molecule has 0 bridgehead atoms. The van der Waals surface area contributed by atoms with Gasteiger partial charge in [-0.05, 0) is 24.8 Å². The molecule has 0 saturated heterocycles. The van der Waals surface area contributed by atoms with Crippen LogP contribution in [0.3, 0.4) is 0 Å². The van der Waals surface area contributed by atoms with Crippen molar-refractivity contribution in [2.45, 2.75) is 40.0 Å². The Kier molecular flexibility index (Phi) is 2.71. The zero-order valence-corrected chi connectivity index (χ0v) is 10.1. The Bertz CT molecular complexity index is 305. The van der Waals surface area contributed by atoms with Gasteiger partial charge in [-0.1, -0.05) is 20.8 Å². The fourth-order valence-corrected chi connectivity index (χ4v) is 2.79. The van der Waals surface area contributed by atoms with Crippen molar-refractivity contribution in [2.24, 2.45) is 0 Å². The highest BCUT2D eigenvalue weighted by Crippen LogP contribution is 2.41. The van der Waals surface area contributed by atoms with Crippen molar-refractivity contribution < 1.29 is 4.74 Å². The molecule has 0 fully saturated rings. The van der Waals surface area contributed by atoms with Crippen LogP contribution in [-0.2, 0) is 5.41 Å². The summed E-state index contributed by atoms with van der Waals surface area (Å²) in [5.41, 5.74) is 2.92. The highest BCUT2D eigenvalue weighted by molar-refractivity contribution is 7.14. The topological polar surface area (TPSA) is 9.23 Å². The second-order valence-corrected chi connectivity index (χ2v) is 5.59. The van der Waals surface area contributed by atoms with E-state index in [0.29, 0.717) is 0 Å². The Morgan fingerprint density at radius 2 is 1.69 bits per heavy atom. The Morgan fingerprint density at radius 1 is 1.15 bits per heavy atom. The van der Waals surface area contributed by atoms with Crippen molar-refractivity contribution in [1.82, 2.24) is 0 Å². The van der Waals surface area contributed by atoms with E-state index < -0.39 is 0 Å². The lowest BCUT2D eigenvalue weighted by molar-refractivity contribution is 0.410. The normalized spacial score (nSPS) is 11.8. The molecular weight excluding hydrogens is 180 g/mol. The van der Waals surface area contributed by atoms with Gasteiger partial charge in [0.25, 0.3) is 0 Å². The maximum Gasteiger partial charge on any atom is 0.177 e. The molecule has 74 valence electrons. The van der Waals surface area contributed by atoms with E-state index in [-0.39, 0.29) is 5.41 Å². The first-order valence-corrected chi connectivity index (χ1v) is 5.34. The second-order valence-electron chi connectivity index (χ2n) is 4.40. The van der Waals surface area contributed by atoms with E-state index in [0.717, 1.165) is 5.06 Å².